The second-order valence-electron chi connectivity index (χ2n) is 3.58. The third-order valence-electron chi connectivity index (χ3n) is 2.53. The summed E-state index contributed by atoms with van der Waals surface area (Å²) in [7, 11) is 0. The summed E-state index contributed by atoms with van der Waals surface area (Å²) in [5, 5.41) is 3.75. The molecular formula is C10H10Cl2N2O. The smallest absolute Gasteiger partial charge is 0.223 e. The molecule has 0 aromatic carbocycles. The van der Waals surface area contributed by atoms with Gasteiger partial charge in [0, 0.05) is 23.7 Å². The van der Waals surface area contributed by atoms with Crippen LogP contribution in [0.5, 0.6) is 0 Å². The van der Waals surface area contributed by atoms with Crippen LogP contribution in [-0.4, -0.2) is 17.4 Å². The van der Waals surface area contributed by atoms with Crippen molar-refractivity contribution in [1.29, 1.82) is 0 Å². The predicted octanol–water partition coefficient (Wildman–Crippen LogP) is 2.07. The Bertz CT molecular complexity index is 395. The van der Waals surface area contributed by atoms with Crippen molar-refractivity contribution >= 4 is 29.1 Å². The van der Waals surface area contributed by atoms with E-state index in [1.54, 1.807) is 12.3 Å². The number of nitrogens with one attached hydrogen (secondary N) is 1. The Morgan fingerprint density at radius 2 is 2.33 bits per heavy atom. The number of hydrogen-bond donors (Lipinski definition) is 1. The molecule has 1 amide bonds. The van der Waals surface area contributed by atoms with Crippen molar-refractivity contribution in [3.05, 3.63) is 28.0 Å². The van der Waals surface area contributed by atoms with Crippen LogP contribution >= 0.6 is 23.2 Å². The van der Waals surface area contributed by atoms with Crippen LogP contribution in [0, 0.1) is 5.92 Å². The monoisotopic (exact) mass is 244 g/mol. The first-order valence-corrected chi connectivity index (χ1v) is 5.50. The van der Waals surface area contributed by atoms with Gasteiger partial charge in [-0.1, -0.05) is 23.2 Å². The Morgan fingerprint density at radius 1 is 1.53 bits per heavy atom. The maximum absolute atomic E-state index is 11.4. The van der Waals surface area contributed by atoms with Crippen molar-refractivity contribution < 1.29 is 4.79 Å². The third kappa shape index (κ3) is 2.41. The van der Waals surface area contributed by atoms with Gasteiger partial charge in [0.05, 0.1) is 0 Å². The Labute approximate surface area is 97.8 Å². The number of aromatic nitrogens is 1. The summed E-state index contributed by atoms with van der Waals surface area (Å²) in [4.78, 5) is 15.3. The fourth-order valence-corrected chi connectivity index (χ4v) is 2.13. The molecule has 80 valence electrons. The van der Waals surface area contributed by atoms with Crippen LogP contribution < -0.4 is 5.32 Å². The second kappa shape index (κ2) is 4.37. The highest BCUT2D eigenvalue weighted by Crippen LogP contribution is 2.23. The Morgan fingerprint density at radius 3 is 2.93 bits per heavy atom. The highest BCUT2D eigenvalue weighted by atomic mass is 35.5. The Kier molecular flexibility index (Phi) is 3.12. The van der Waals surface area contributed by atoms with E-state index in [0.29, 0.717) is 16.6 Å². The van der Waals surface area contributed by atoms with Gasteiger partial charge in [-0.25, -0.2) is 4.98 Å². The lowest BCUT2D eigenvalue weighted by atomic mass is 9.99. The molecule has 3 nitrogen and oxygen atoms in total. The van der Waals surface area contributed by atoms with Gasteiger partial charge in [0.15, 0.2) is 0 Å². The van der Waals surface area contributed by atoms with Crippen molar-refractivity contribution in [3.63, 3.8) is 0 Å². The molecule has 1 saturated heterocycles. The van der Waals surface area contributed by atoms with Gasteiger partial charge in [0.25, 0.3) is 0 Å². The molecule has 1 N–H and O–H groups in total. The van der Waals surface area contributed by atoms with Crippen LogP contribution in [0.1, 0.15) is 12.0 Å². The number of halogens is 2. The lowest BCUT2D eigenvalue weighted by Gasteiger charge is -2.08. The Hall–Kier alpha value is -0.800. The lowest BCUT2D eigenvalue weighted by Crippen LogP contribution is -2.20. The number of carbonyl (C=O) groups is 1. The number of pyridine rings is 1. The van der Waals surface area contributed by atoms with Gasteiger partial charge in [-0.2, -0.15) is 0 Å². The minimum absolute atomic E-state index is 0.0190. The molecule has 5 heteroatoms. The molecule has 2 rings (SSSR count). The molecule has 15 heavy (non-hydrogen) atoms. The molecule has 0 saturated carbocycles. The minimum atomic E-state index is 0.0190. The maximum atomic E-state index is 11.4. The van der Waals surface area contributed by atoms with Crippen LogP contribution in [0.15, 0.2) is 12.3 Å². The fraction of sp³-hybridized carbons (Fsp3) is 0.400. The first-order valence-electron chi connectivity index (χ1n) is 4.74. The summed E-state index contributed by atoms with van der Waals surface area (Å²) in [5.41, 5.74) is 0.878. The van der Waals surface area contributed by atoms with Gasteiger partial charge >= 0.3 is 0 Å². The molecule has 1 aromatic heterocycles. The first kappa shape index (κ1) is 10.7. The van der Waals surface area contributed by atoms with E-state index in [4.69, 9.17) is 23.2 Å². The standard InChI is InChI=1S/C10H10Cl2N2O/c11-8-4-9(12)14-5-7(8)3-6-1-2-13-10(6)15/h4-6H,1-3H2,(H,13,15). The van der Waals surface area contributed by atoms with Crippen LogP contribution in [0.3, 0.4) is 0 Å². The average Bonchev–Trinajstić information content (AvgIpc) is 2.57. The average molecular weight is 245 g/mol. The number of hydrogen-bond acceptors (Lipinski definition) is 2. The van der Waals surface area contributed by atoms with Gasteiger partial charge in [0.2, 0.25) is 5.91 Å². The quantitative estimate of drug-likeness (QED) is 0.810. The van der Waals surface area contributed by atoms with Gasteiger partial charge in [-0.05, 0) is 24.5 Å². The highest BCUT2D eigenvalue weighted by molar-refractivity contribution is 6.34. The normalized spacial score (nSPS) is 20.4. The van der Waals surface area contributed by atoms with E-state index in [1.807, 2.05) is 0 Å². The number of nitrogens with zero attached hydrogens (tertiary/aromatic N) is 1. The van der Waals surface area contributed by atoms with Crippen molar-refractivity contribution in [3.8, 4) is 0 Å². The molecular weight excluding hydrogens is 235 g/mol. The second-order valence-corrected chi connectivity index (χ2v) is 4.37. The van der Waals surface area contributed by atoms with Gasteiger partial charge < -0.3 is 5.32 Å². The molecule has 1 unspecified atom stereocenters. The molecule has 0 spiro atoms. The zero-order valence-corrected chi connectivity index (χ0v) is 9.48. The minimum Gasteiger partial charge on any atom is -0.356 e. The summed E-state index contributed by atoms with van der Waals surface area (Å²) in [6.45, 7) is 0.752. The molecule has 0 aliphatic carbocycles. The fourth-order valence-electron chi connectivity index (χ4n) is 1.69. The molecule has 0 bridgehead atoms. The van der Waals surface area contributed by atoms with E-state index in [2.05, 4.69) is 10.3 Å². The van der Waals surface area contributed by atoms with E-state index in [-0.39, 0.29) is 11.8 Å². The van der Waals surface area contributed by atoms with E-state index in [9.17, 15) is 4.79 Å². The third-order valence-corrected chi connectivity index (χ3v) is 3.08. The zero-order chi connectivity index (χ0) is 10.8. The predicted molar refractivity (Wildman–Crippen MR) is 59.1 cm³/mol. The van der Waals surface area contributed by atoms with Crippen molar-refractivity contribution in [2.75, 3.05) is 6.54 Å². The molecule has 1 fully saturated rings. The SMILES string of the molecule is O=C1NCCC1Cc1cnc(Cl)cc1Cl. The van der Waals surface area contributed by atoms with Crippen molar-refractivity contribution in [1.82, 2.24) is 10.3 Å². The molecule has 1 atom stereocenters. The van der Waals surface area contributed by atoms with E-state index in [1.165, 1.54) is 0 Å². The topological polar surface area (TPSA) is 42.0 Å². The van der Waals surface area contributed by atoms with Gasteiger partial charge in [-0.15, -0.1) is 0 Å². The summed E-state index contributed by atoms with van der Waals surface area (Å²) in [5.74, 6) is 0.117. The number of amides is 1. The number of carbonyl (C=O) groups excluding carboxylic acids is 1. The van der Waals surface area contributed by atoms with Crippen LogP contribution in [0.25, 0.3) is 0 Å². The van der Waals surface area contributed by atoms with Gasteiger partial charge in [0.1, 0.15) is 5.15 Å². The van der Waals surface area contributed by atoms with Crippen LogP contribution in [0.4, 0.5) is 0 Å². The van der Waals surface area contributed by atoms with Gasteiger partial charge in [-0.3, -0.25) is 4.79 Å². The molecule has 1 aliphatic heterocycles. The summed E-state index contributed by atoms with van der Waals surface area (Å²) in [6.07, 6.45) is 3.13. The maximum Gasteiger partial charge on any atom is 0.223 e. The molecule has 0 radical (unpaired) electrons. The Balaban J connectivity index is 2.13. The van der Waals surface area contributed by atoms with Crippen molar-refractivity contribution in [2.24, 2.45) is 5.92 Å². The summed E-state index contributed by atoms with van der Waals surface area (Å²) >= 11 is 11.7. The summed E-state index contributed by atoms with van der Waals surface area (Å²) < 4.78 is 0. The largest absolute Gasteiger partial charge is 0.356 e. The number of rotatable bonds is 2. The van der Waals surface area contributed by atoms with E-state index >= 15 is 0 Å². The molecule has 1 aromatic rings. The van der Waals surface area contributed by atoms with Crippen LogP contribution in [0.2, 0.25) is 10.2 Å². The zero-order valence-electron chi connectivity index (χ0n) is 7.96. The summed E-state index contributed by atoms with van der Waals surface area (Å²) in [6, 6.07) is 1.60. The highest BCUT2D eigenvalue weighted by Gasteiger charge is 2.24. The van der Waals surface area contributed by atoms with Crippen molar-refractivity contribution in [2.45, 2.75) is 12.8 Å². The molecule has 2 heterocycles. The van der Waals surface area contributed by atoms with E-state index in [0.717, 1.165) is 18.5 Å². The molecule has 1 aliphatic rings. The van der Waals surface area contributed by atoms with Crippen LogP contribution in [-0.2, 0) is 11.2 Å². The van der Waals surface area contributed by atoms with E-state index < -0.39 is 0 Å². The first-order chi connectivity index (χ1) is 7.16. The lowest BCUT2D eigenvalue weighted by molar-refractivity contribution is -0.122.